The van der Waals surface area contributed by atoms with Gasteiger partial charge >= 0.3 is 5.97 Å². The molecule has 0 aliphatic heterocycles. The van der Waals surface area contributed by atoms with Crippen LogP contribution in [0.4, 0.5) is 4.39 Å². The first-order valence-corrected chi connectivity index (χ1v) is 5.57. The first kappa shape index (κ1) is 14.1. The quantitative estimate of drug-likeness (QED) is 0.586. The van der Waals surface area contributed by atoms with Gasteiger partial charge in [-0.1, -0.05) is 13.0 Å². The van der Waals surface area contributed by atoms with Crippen LogP contribution >= 0.6 is 0 Å². The molecule has 1 amide bonds. The number of pyridine rings is 1. The van der Waals surface area contributed by atoms with Gasteiger partial charge in [-0.25, -0.2) is 4.98 Å². The van der Waals surface area contributed by atoms with Crippen LogP contribution in [0.3, 0.4) is 0 Å². The summed E-state index contributed by atoms with van der Waals surface area (Å²) in [6.45, 7) is 2.09. The molecule has 0 spiro atoms. The van der Waals surface area contributed by atoms with Crippen LogP contribution in [0.25, 0.3) is 0 Å². The molecular formula is C12H15FN2O3. The monoisotopic (exact) mass is 254 g/mol. The van der Waals surface area contributed by atoms with E-state index in [0.29, 0.717) is 13.0 Å². The molecule has 0 aliphatic rings. The fourth-order valence-electron chi connectivity index (χ4n) is 1.43. The number of esters is 1. The molecule has 0 aromatic carbocycles. The molecule has 18 heavy (non-hydrogen) atoms. The molecular weight excluding hydrogens is 239 g/mol. The first-order chi connectivity index (χ1) is 8.58. The van der Waals surface area contributed by atoms with E-state index in [9.17, 15) is 14.0 Å². The Morgan fingerprint density at radius 3 is 2.72 bits per heavy atom. The highest BCUT2D eigenvalue weighted by molar-refractivity contribution is 5.94. The molecule has 1 heterocycles. The summed E-state index contributed by atoms with van der Waals surface area (Å²) in [4.78, 5) is 28.0. The topological polar surface area (TPSA) is 59.5 Å². The smallest absolute Gasteiger partial charge is 0.325 e. The molecule has 6 heteroatoms. The number of amides is 1. The Morgan fingerprint density at radius 2 is 2.17 bits per heavy atom. The van der Waals surface area contributed by atoms with E-state index in [1.807, 2.05) is 6.92 Å². The predicted molar refractivity (Wildman–Crippen MR) is 62.4 cm³/mol. The normalized spacial score (nSPS) is 9.94. The van der Waals surface area contributed by atoms with Gasteiger partial charge in [-0.15, -0.1) is 0 Å². The number of rotatable bonds is 5. The van der Waals surface area contributed by atoms with Gasteiger partial charge in [0, 0.05) is 6.54 Å². The number of hydrogen-bond acceptors (Lipinski definition) is 4. The zero-order valence-electron chi connectivity index (χ0n) is 10.4. The lowest BCUT2D eigenvalue weighted by Gasteiger charge is -2.20. The van der Waals surface area contributed by atoms with Gasteiger partial charge in [0.25, 0.3) is 5.91 Å². The van der Waals surface area contributed by atoms with E-state index in [0.717, 1.165) is 6.07 Å². The summed E-state index contributed by atoms with van der Waals surface area (Å²) in [5, 5.41) is 0. The highest BCUT2D eigenvalue weighted by Gasteiger charge is 2.19. The SMILES string of the molecule is CCCN(CC(=O)OC)C(=O)c1cccc(F)n1. The number of methoxy groups -OCH3 is 1. The molecule has 0 unspecified atom stereocenters. The second-order valence-corrected chi connectivity index (χ2v) is 3.65. The highest BCUT2D eigenvalue weighted by Crippen LogP contribution is 2.04. The lowest BCUT2D eigenvalue weighted by Crippen LogP contribution is -2.37. The summed E-state index contributed by atoms with van der Waals surface area (Å²) in [6, 6.07) is 3.96. The Bertz CT molecular complexity index is 437. The summed E-state index contributed by atoms with van der Waals surface area (Å²) in [7, 11) is 1.25. The number of halogens is 1. The van der Waals surface area contributed by atoms with Crippen LogP contribution in [0, 0.1) is 5.95 Å². The lowest BCUT2D eigenvalue weighted by molar-refractivity contribution is -0.141. The van der Waals surface area contributed by atoms with Crippen molar-refractivity contribution in [3.8, 4) is 0 Å². The van der Waals surface area contributed by atoms with Crippen LogP contribution in [0.2, 0.25) is 0 Å². The number of hydrogen-bond donors (Lipinski definition) is 0. The van der Waals surface area contributed by atoms with Gasteiger partial charge in [0.05, 0.1) is 7.11 Å². The number of nitrogens with zero attached hydrogens (tertiary/aromatic N) is 2. The number of carbonyl (C=O) groups excluding carboxylic acids is 2. The van der Waals surface area contributed by atoms with Crippen LogP contribution in [-0.4, -0.2) is 42.0 Å². The Labute approximate surface area is 105 Å². The Kier molecular flexibility index (Phi) is 5.23. The van der Waals surface area contributed by atoms with Crippen molar-refractivity contribution in [2.75, 3.05) is 20.2 Å². The maximum absolute atomic E-state index is 12.9. The summed E-state index contributed by atoms with van der Waals surface area (Å²) < 4.78 is 17.4. The predicted octanol–water partition coefficient (Wildman–Crippen LogP) is 1.25. The van der Waals surface area contributed by atoms with Crippen LogP contribution < -0.4 is 0 Å². The van der Waals surface area contributed by atoms with E-state index < -0.39 is 17.8 Å². The van der Waals surface area contributed by atoms with Gasteiger partial charge in [-0.05, 0) is 18.6 Å². The number of carbonyl (C=O) groups is 2. The van der Waals surface area contributed by atoms with Crippen molar-refractivity contribution in [2.24, 2.45) is 0 Å². The van der Waals surface area contributed by atoms with Gasteiger partial charge in [-0.3, -0.25) is 9.59 Å². The first-order valence-electron chi connectivity index (χ1n) is 5.57. The third-order valence-corrected chi connectivity index (χ3v) is 2.26. The van der Waals surface area contributed by atoms with Gasteiger partial charge in [0.1, 0.15) is 12.2 Å². The van der Waals surface area contributed by atoms with Crippen molar-refractivity contribution in [3.63, 3.8) is 0 Å². The van der Waals surface area contributed by atoms with Gasteiger partial charge in [0.15, 0.2) is 0 Å². The molecule has 1 aromatic heterocycles. The summed E-state index contributed by atoms with van der Waals surface area (Å²) >= 11 is 0. The summed E-state index contributed by atoms with van der Waals surface area (Å²) in [5.74, 6) is -1.73. The molecule has 0 N–H and O–H groups in total. The van der Waals surface area contributed by atoms with E-state index in [1.54, 1.807) is 0 Å². The largest absolute Gasteiger partial charge is 0.468 e. The second kappa shape index (κ2) is 6.68. The minimum Gasteiger partial charge on any atom is -0.468 e. The summed E-state index contributed by atoms with van der Waals surface area (Å²) in [5.41, 5.74) is -0.0210. The molecule has 1 aromatic rings. The van der Waals surface area contributed by atoms with Gasteiger partial charge in [0.2, 0.25) is 5.95 Å². The zero-order chi connectivity index (χ0) is 13.5. The maximum Gasteiger partial charge on any atom is 0.325 e. The molecule has 0 radical (unpaired) electrons. The Morgan fingerprint density at radius 1 is 1.44 bits per heavy atom. The van der Waals surface area contributed by atoms with Crippen LogP contribution in [0.15, 0.2) is 18.2 Å². The van der Waals surface area contributed by atoms with E-state index >= 15 is 0 Å². The number of ether oxygens (including phenoxy) is 1. The molecule has 5 nitrogen and oxygen atoms in total. The second-order valence-electron chi connectivity index (χ2n) is 3.65. The molecule has 0 aliphatic carbocycles. The maximum atomic E-state index is 12.9. The third kappa shape index (κ3) is 3.80. The average Bonchev–Trinajstić information content (AvgIpc) is 2.37. The van der Waals surface area contributed by atoms with E-state index in [4.69, 9.17) is 0 Å². The van der Waals surface area contributed by atoms with Crippen molar-refractivity contribution >= 4 is 11.9 Å². The standard InChI is InChI=1S/C12H15FN2O3/c1-3-7-15(8-11(16)18-2)12(17)9-5-4-6-10(13)14-9/h4-6H,3,7-8H2,1-2H3. The fourth-order valence-corrected chi connectivity index (χ4v) is 1.43. The van der Waals surface area contributed by atoms with Gasteiger partial charge < -0.3 is 9.64 Å². The van der Waals surface area contributed by atoms with Crippen LogP contribution in [0.1, 0.15) is 23.8 Å². The average molecular weight is 254 g/mol. The molecule has 1 rings (SSSR count). The minimum absolute atomic E-state index is 0.0210. The van der Waals surface area contributed by atoms with Crippen LogP contribution in [0.5, 0.6) is 0 Å². The lowest BCUT2D eigenvalue weighted by atomic mass is 10.3. The summed E-state index contributed by atoms with van der Waals surface area (Å²) in [6.07, 6.45) is 0.679. The Balaban J connectivity index is 2.85. The molecule has 0 bridgehead atoms. The van der Waals surface area contributed by atoms with Crippen molar-refractivity contribution in [1.82, 2.24) is 9.88 Å². The van der Waals surface area contributed by atoms with Gasteiger partial charge in [-0.2, -0.15) is 4.39 Å². The van der Waals surface area contributed by atoms with E-state index in [2.05, 4.69) is 9.72 Å². The molecule has 0 saturated carbocycles. The van der Waals surface area contributed by atoms with E-state index in [-0.39, 0.29) is 12.2 Å². The zero-order valence-corrected chi connectivity index (χ0v) is 10.4. The van der Waals surface area contributed by atoms with Crippen molar-refractivity contribution < 1.29 is 18.7 Å². The van der Waals surface area contributed by atoms with E-state index in [1.165, 1.54) is 24.1 Å². The Hall–Kier alpha value is -1.98. The molecule has 98 valence electrons. The fraction of sp³-hybridized carbons (Fsp3) is 0.417. The molecule has 0 saturated heterocycles. The molecule has 0 atom stereocenters. The van der Waals surface area contributed by atoms with Crippen molar-refractivity contribution in [3.05, 3.63) is 29.8 Å². The van der Waals surface area contributed by atoms with Crippen molar-refractivity contribution in [1.29, 1.82) is 0 Å². The molecule has 0 fully saturated rings. The number of aromatic nitrogens is 1. The third-order valence-electron chi connectivity index (χ3n) is 2.26. The highest BCUT2D eigenvalue weighted by atomic mass is 19.1. The van der Waals surface area contributed by atoms with Crippen molar-refractivity contribution in [2.45, 2.75) is 13.3 Å². The minimum atomic E-state index is -0.727. The van der Waals surface area contributed by atoms with Crippen LogP contribution in [-0.2, 0) is 9.53 Å².